The number of anilines is 3. The SMILES string of the molecule is CCc1ccc(N2C(=O)C(Cl)=C(Nc3ccc(C(=O)N4CCN(c5ccccc5)CC4)cc3)C2=O)cc1. The van der Waals surface area contributed by atoms with Crippen molar-refractivity contribution in [2.75, 3.05) is 41.3 Å². The minimum atomic E-state index is -0.570. The molecule has 2 heterocycles. The minimum Gasteiger partial charge on any atom is -0.368 e. The van der Waals surface area contributed by atoms with Gasteiger partial charge >= 0.3 is 0 Å². The van der Waals surface area contributed by atoms with Crippen LogP contribution in [0.2, 0.25) is 0 Å². The number of halogens is 1. The largest absolute Gasteiger partial charge is 0.368 e. The number of piperazine rings is 1. The summed E-state index contributed by atoms with van der Waals surface area (Å²) in [6, 6.07) is 24.3. The van der Waals surface area contributed by atoms with Gasteiger partial charge in [0.1, 0.15) is 10.7 Å². The van der Waals surface area contributed by atoms with Gasteiger partial charge in [0, 0.05) is 43.1 Å². The molecule has 0 aromatic heterocycles. The van der Waals surface area contributed by atoms with Gasteiger partial charge in [0.15, 0.2) is 0 Å². The summed E-state index contributed by atoms with van der Waals surface area (Å²) in [6.07, 6.45) is 0.858. The van der Waals surface area contributed by atoms with E-state index in [1.807, 2.05) is 42.2 Å². The number of aryl methyl sites for hydroxylation is 1. The zero-order chi connectivity index (χ0) is 25.9. The number of nitrogens with one attached hydrogen (secondary N) is 1. The van der Waals surface area contributed by atoms with E-state index in [1.165, 1.54) is 0 Å². The molecule has 0 aliphatic carbocycles. The number of para-hydroxylation sites is 1. The Morgan fingerprint density at radius 1 is 0.811 bits per heavy atom. The summed E-state index contributed by atoms with van der Waals surface area (Å²) in [6.45, 7) is 4.86. The molecular formula is C29H27ClN4O3. The van der Waals surface area contributed by atoms with Gasteiger partial charge in [-0.3, -0.25) is 14.4 Å². The summed E-state index contributed by atoms with van der Waals surface area (Å²) in [5.74, 6) is -1.12. The van der Waals surface area contributed by atoms with Crippen LogP contribution in [-0.2, 0) is 16.0 Å². The molecule has 0 unspecified atom stereocenters. The first-order chi connectivity index (χ1) is 18.0. The molecule has 188 valence electrons. The van der Waals surface area contributed by atoms with E-state index in [4.69, 9.17) is 11.6 Å². The molecule has 1 fully saturated rings. The molecule has 0 spiro atoms. The number of benzene rings is 3. The van der Waals surface area contributed by atoms with Gasteiger partial charge in [0.05, 0.1) is 5.69 Å². The van der Waals surface area contributed by atoms with Gasteiger partial charge in [-0.05, 0) is 60.5 Å². The van der Waals surface area contributed by atoms with Crippen LogP contribution in [0.15, 0.2) is 89.6 Å². The molecular weight excluding hydrogens is 488 g/mol. The molecule has 3 amide bonds. The first-order valence-electron chi connectivity index (χ1n) is 12.3. The monoisotopic (exact) mass is 514 g/mol. The van der Waals surface area contributed by atoms with Crippen LogP contribution in [0.5, 0.6) is 0 Å². The number of hydrogen-bond donors (Lipinski definition) is 1. The van der Waals surface area contributed by atoms with Crippen molar-refractivity contribution >= 4 is 46.4 Å². The smallest absolute Gasteiger partial charge is 0.283 e. The fourth-order valence-electron chi connectivity index (χ4n) is 4.56. The van der Waals surface area contributed by atoms with Crippen LogP contribution >= 0.6 is 11.6 Å². The van der Waals surface area contributed by atoms with Crippen LogP contribution in [0, 0.1) is 0 Å². The van der Waals surface area contributed by atoms with Gasteiger partial charge in [-0.25, -0.2) is 4.90 Å². The molecule has 0 saturated carbocycles. The van der Waals surface area contributed by atoms with Crippen LogP contribution in [0.25, 0.3) is 0 Å². The van der Waals surface area contributed by atoms with Crippen molar-refractivity contribution in [2.24, 2.45) is 0 Å². The summed E-state index contributed by atoms with van der Waals surface area (Å²) >= 11 is 6.26. The standard InChI is InChI=1S/C29H27ClN4O3/c1-2-20-8-14-24(15-9-20)34-28(36)25(30)26(29(34)37)31-22-12-10-21(11-13-22)27(35)33-18-16-32(17-19-33)23-6-4-3-5-7-23/h3-15,31H,2,16-19H2,1H3. The molecule has 0 bridgehead atoms. The van der Waals surface area contributed by atoms with Gasteiger partial charge in [-0.15, -0.1) is 0 Å². The van der Waals surface area contributed by atoms with Gasteiger partial charge in [-0.2, -0.15) is 0 Å². The lowest BCUT2D eigenvalue weighted by atomic mass is 10.1. The Labute approximate surface area is 220 Å². The van der Waals surface area contributed by atoms with E-state index in [0.717, 1.165) is 35.7 Å². The molecule has 0 radical (unpaired) electrons. The molecule has 0 atom stereocenters. The van der Waals surface area contributed by atoms with E-state index in [2.05, 4.69) is 22.3 Å². The number of imide groups is 1. The lowest BCUT2D eigenvalue weighted by Gasteiger charge is -2.36. The summed E-state index contributed by atoms with van der Waals surface area (Å²) in [5, 5.41) is 2.80. The highest BCUT2D eigenvalue weighted by molar-refractivity contribution is 6.53. The Kier molecular flexibility index (Phi) is 6.97. The van der Waals surface area contributed by atoms with Gasteiger partial charge in [0.25, 0.3) is 17.7 Å². The van der Waals surface area contributed by atoms with E-state index in [9.17, 15) is 14.4 Å². The molecule has 3 aromatic rings. The highest BCUT2D eigenvalue weighted by atomic mass is 35.5. The predicted molar refractivity (Wildman–Crippen MR) is 146 cm³/mol. The number of rotatable bonds is 6. The van der Waals surface area contributed by atoms with Crippen LogP contribution in [0.4, 0.5) is 17.1 Å². The Balaban J connectivity index is 1.22. The van der Waals surface area contributed by atoms with Gasteiger partial charge in [-0.1, -0.05) is 48.9 Å². The van der Waals surface area contributed by atoms with E-state index in [0.29, 0.717) is 30.0 Å². The van der Waals surface area contributed by atoms with Crippen molar-refractivity contribution in [2.45, 2.75) is 13.3 Å². The van der Waals surface area contributed by atoms with Crippen LogP contribution in [0.1, 0.15) is 22.8 Å². The molecule has 2 aliphatic heterocycles. The second-order valence-electron chi connectivity index (χ2n) is 8.97. The number of carbonyl (C=O) groups excluding carboxylic acids is 3. The molecule has 37 heavy (non-hydrogen) atoms. The van der Waals surface area contributed by atoms with Crippen molar-refractivity contribution < 1.29 is 14.4 Å². The third kappa shape index (κ3) is 4.95. The maximum absolute atomic E-state index is 13.0. The van der Waals surface area contributed by atoms with Crippen molar-refractivity contribution in [3.8, 4) is 0 Å². The average molecular weight is 515 g/mol. The highest BCUT2D eigenvalue weighted by Gasteiger charge is 2.39. The summed E-state index contributed by atoms with van der Waals surface area (Å²) in [7, 11) is 0. The summed E-state index contributed by atoms with van der Waals surface area (Å²) in [4.78, 5) is 44.0. The van der Waals surface area contributed by atoms with Crippen molar-refractivity contribution in [1.82, 2.24) is 4.90 Å². The molecule has 5 rings (SSSR count). The first-order valence-corrected chi connectivity index (χ1v) is 12.7. The maximum Gasteiger partial charge on any atom is 0.283 e. The fourth-order valence-corrected chi connectivity index (χ4v) is 4.77. The van der Waals surface area contributed by atoms with E-state index < -0.39 is 11.8 Å². The van der Waals surface area contributed by atoms with Crippen LogP contribution in [-0.4, -0.2) is 48.8 Å². The maximum atomic E-state index is 13.0. The quantitative estimate of drug-likeness (QED) is 0.485. The first kappa shape index (κ1) is 24.6. The second kappa shape index (κ2) is 10.5. The molecule has 7 nitrogen and oxygen atoms in total. The summed E-state index contributed by atoms with van der Waals surface area (Å²) < 4.78 is 0. The Morgan fingerprint density at radius 2 is 1.46 bits per heavy atom. The third-order valence-corrected chi connectivity index (χ3v) is 7.07. The highest BCUT2D eigenvalue weighted by Crippen LogP contribution is 2.30. The molecule has 1 saturated heterocycles. The topological polar surface area (TPSA) is 73.0 Å². The normalized spacial score (nSPS) is 16.0. The Morgan fingerprint density at radius 3 is 2.08 bits per heavy atom. The van der Waals surface area contributed by atoms with Crippen LogP contribution in [0.3, 0.4) is 0 Å². The van der Waals surface area contributed by atoms with E-state index in [1.54, 1.807) is 36.4 Å². The molecule has 2 aliphatic rings. The number of hydrogen-bond acceptors (Lipinski definition) is 5. The predicted octanol–water partition coefficient (Wildman–Crippen LogP) is 4.65. The Hall–Kier alpha value is -4.10. The summed E-state index contributed by atoms with van der Waals surface area (Å²) in [5.41, 5.74) is 3.87. The van der Waals surface area contributed by atoms with Crippen molar-refractivity contribution in [1.29, 1.82) is 0 Å². The fraction of sp³-hybridized carbons (Fsp3) is 0.207. The average Bonchev–Trinajstić information content (AvgIpc) is 3.16. The van der Waals surface area contributed by atoms with Gasteiger partial charge in [0.2, 0.25) is 0 Å². The number of carbonyl (C=O) groups is 3. The van der Waals surface area contributed by atoms with Crippen molar-refractivity contribution in [3.63, 3.8) is 0 Å². The van der Waals surface area contributed by atoms with Gasteiger partial charge < -0.3 is 15.1 Å². The number of amides is 3. The Bertz CT molecular complexity index is 1350. The lowest BCUT2D eigenvalue weighted by molar-refractivity contribution is -0.120. The van der Waals surface area contributed by atoms with Crippen molar-refractivity contribution in [3.05, 3.63) is 101 Å². The second-order valence-corrected chi connectivity index (χ2v) is 9.35. The molecule has 1 N–H and O–H groups in total. The van der Waals surface area contributed by atoms with E-state index in [-0.39, 0.29) is 16.6 Å². The number of nitrogens with zero attached hydrogens (tertiary/aromatic N) is 3. The zero-order valence-electron chi connectivity index (χ0n) is 20.5. The lowest BCUT2D eigenvalue weighted by Crippen LogP contribution is -2.48. The zero-order valence-corrected chi connectivity index (χ0v) is 21.2. The molecule has 3 aromatic carbocycles. The van der Waals surface area contributed by atoms with E-state index >= 15 is 0 Å². The minimum absolute atomic E-state index is 0.0161. The van der Waals surface area contributed by atoms with Crippen LogP contribution < -0.4 is 15.1 Å². The molecule has 8 heteroatoms. The third-order valence-electron chi connectivity index (χ3n) is 6.72.